The first-order valence-corrected chi connectivity index (χ1v) is 6.50. The van der Waals surface area contributed by atoms with E-state index in [0.717, 1.165) is 19.6 Å². The molecule has 1 N–H and O–H groups in total. The lowest BCUT2D eigenvalue weighted by Gasteiger charge is -2.37. The molecule has 0 radical (unpaired) electrons. The minimum absolute atomic E-state index is 0.404. The molecule has 96 valence electrons. The third-order valence-corrected chi connectivity index (χ3v) is 4.02. The zero-order valence-electron chi connectivity index (χ0n) is 11.4. The van der Waals surface area contributed by atoms with Gasteiger partial charge in [0.2, 0.25) is 0 Å². The van der Waals surface area contributed by atoms with E-state index in [1.165, 1.54) is 25.7 Å². The normalized spacial score (nSPS) is 21.6. The molecule has 1 saturated carbocycles. The number of nitrogens with one attached hydrogen (secondary N) is 1. The van der Waals surface area contributed by atoms with Gasteiger partial charge < -0.3 is 15.0 Å². The van der Waals surface area contributed by atoms with Crippen LogP contribution in [0.2, 0.25) is 0 Å². The second kappa shape index (κ2) is 6.58. The molecule has 0 aromatic heterocycles. The van der Waals surface area contributed by atoms with Gasteiger partial charge in [-0.3, -0.25) is 0 Å². The number of likely N-dealkylation sites (N-methyl/N-ethyl adjacent to an activating group) is 1. The average molecular weight is 228 g/mol. The predicted octanol–water partition coefficient (Wildman–Crippen LogP) is 1.88. The van der Waals surface area contributed by atoms with Crippen LogP contribution in [-0.4, -0.2) is 50.8 Å². The highest BCUT2D eigenvalue weighted by Crippen LogP contribution is 2.33. The highest BCUT2D eigenvalue weighted by atomic mass is 16.5. The van der Waals surface area contributed by atoms with Gasteiger partial charge >= 0.3 is 0 Å². The Morgan fingerprint density at radius 3 is 2.44 bits per heavy atom. The van der Waals surface area contributed by atoms with Crippen molar-refractivity contribution >= 4 is 0 Å². The number of hydrogen-bond acceptors (Lipinski definition) is 3. The Balaban J connectivity index is 2.33. The summed E-state index contributed by atoms with van der Waals surface area (Å²) in [4.78, 5) is 2.41. The Morgan fingerprint density at radius 1 is 1.31 bits per heavy atom. The Labute approximate surface area is 101 Å². The van der Waals surface area contributed by atoms with Gasteiger partial charge in [0.1, 0.15) is 0 Å². The Bertz CT molecular complexity index is 188. The summed E-state index contributed by atoms with van der Waals surface area (Å²) in [5.41, 5.74) is 0.404. The molecule has 3 heteroatoms. The quantitative estimate of drug-likeness (QED) is 0.720. The SMILES string of the molecule is COCCC(C)NCC1(N(C)C)CCCC1. The van der Waals surface area contributed by atoms with E-state index in [0.29, 0.717) is 11.6 Å². The second-order valence-corrected chi connectivity index (χ2v) is 5.39. The molecule has 16 heavy (non-hydrogen) atoms. The maximum Gasteiger partial charge on any atom is 0.0476 e. The summed E-state index contributed by atoms with van der Waals surface area (Å²) >= 11 is 0. The van der Waals surface area contributed by atoms with Crippen LogP contribution in [0.15, 0.2) is 0 Å². The lowest BCUT2D eigenvalue weighted by molar-refractivity contribution is 0.142. The van der Waals surface area contributed by atoms with E-state index in [1.54, 1.807) is 7.11 Å². The minimum atomic E-state index is 0.404. The molecule has 1 unspecified atom stereocenters. The van der Waals surface area contributed by atoms with Gasteiger partial charge in [-0.2, -0.15) is 0 Å². The van der Waals surface area contributed by atoms with Crippen molar-refractivity contribution in [1.29, 1.82) is 0 Å². The second-order valence-electron chi connectivity index (χ2n) is 5.39. The molecule has 0 bridgehead atoms. The van der Waals surface area contributed by atoms with Crippen LogP contribution in [0.1, 0.15) is 39.0 Å². The van der Waals surface area contributed by atoms with Crippen molar-refractivity contribution in [1.82, 2.24) is 10.2 Å². The van der Waals surface area contributed by atoms with E-state index in [2.05, 4.69) is 31.2 Å². The Hall–Kier alpha value is -0.120. The molecule has 1 aliphatic rings. The molecular weight excluding hydrogens is 200 g/mol. The van der Waals surface area contributed by atoms with E-state index >= 15 is 0 Å². The van der Waals surface area contributed by atoms with E-state index in [-0.39, 0.29) is 0 Å². The van der Waals surface area contributed by atoms with Gasteiger partial charge in [0.25, 0.3) is 0 Å². The molecule has 1 aliphatic carbocycles. The lowest BCUT2D eigenvalue weighted by atomic mass is 9.95. The number of ether oxygens (including phenoxy) is 1. The highest BCUT2D eigenvalue weighted by Gasteiger charge is 2.35. The summed E-state index contributed by atoms with van der Waals surface area (Å²) in [5, 5.41) is 3.66. The van der Waals surface area contributed by atoms with Crippen LogP contribution in [0.3, 0.4) is 0 Å². The monoisotopic (exact) mass is 228 g/mol. The maximum absolute atomic E-state index is 5.11. The summed E-state index contributed by atoms with van der Waals surface area (Å²) in [6.07, 6.45) is 6.53. The summed E-state index contributed by atoms with van der Waals surface area (Å²) in [5.74, 6) is 0. The van der Waals surface area contributed by atoms with Gasteiger partial charge in [0, 0.05) is 31.8 Å². The first-order valence-electron chi connectivity index (χ1n) is 6.50. The summed E-state index contributed by atoms with van der Waals surface area (Å²) in [7, 11) is 6.20. The fourth-order valence-electron chi connectivity index (χ4n) is 2.58. The van der Waals surface area contributed by atoms with Crippen molar-refractivity contribution in [3.63, 3.8) is 0 Å². The fraction of sp³-hybridized carbons (Fsp3) is 1.00. The Kier molecular flexibility index (Phi) is 5.73. The van der Waals surface area contributed by atoms with Gasteiger partial charge in [-0.25, -0.2) is 0 Å². The van der Waals surface area contributed by atoms with Gasteiger partial charge in [-0.1, -0.05) is 12.8 Å². The van der Waals surface area contributed by atoms with Crippen molar-refractivity contribution in [2.75, 3.05) is 34.4 Å². The molecule has 0 aliphatic heterocycles. The summed E-state index contributed by atoms with van der Waals surface area (Å²) in [6.45, 7) is 4.21. The first-order chi connectivity index (χ1) is 7.60. The van der Waals surface area contributed by atoms with E-state index in [4.69, 9.17) is 4.74 Å². The smallest absolute Gasteiger partial charge is 0.0476 e. The molecule has 3 nitrogen and oxygen atoms in total. The minimum Gasteiger partial charge on any atom is -0.385 e. The van der Waals surface area contributed by atoms with Crippen molar-refractivity contribution in [2.24, 2.45) is 0 Å². The third-order valence-electron chi connectivity index (χ3n) is 4.02. The van der Waals surface area contributed by atoms with Gasteiger partial charge in [0.15, 0.2) is 0 Å². The number of hydrogen-bond donors (Lipinski definition) is 1. The summed E-state index contributed by atoms with van der Waals surface area (Å²) in [6, 6.07) is 0.553. The maximum atomic E-state index is 5.11. The summed E-state index contributed by atoms with van der Waals surface area (Å²) < 4.78 is 5.11. The molecule has 0 aromatic carbocycles. The average Bonchev–Trinajstić information content (AvgIpc) is 2.73. The van der Waals surface area contributed by atoms with Crippen molar-refractivity contribution in [2.45, 2.75) is 50.6 Å². The van der Waals surface area contributed by atoms with Crippen molar-refractivity contribution < 1.29 is 4.74 Å². The van der Waals surface area contributed by atoms with Crippen LogP contribution in [0.25, 0.3) is 0 Å². The molecule has 1 atom stereocenters. The molecule has 0 heterocycles. The topological polar surface area (TPSA) is 24.5 Å². The van der Waals surface area contributed by atoms with E-state index in [9.17, 15) is 0 Å². The van der Waals surface area contributed by atoms with Crippen LogP contribution in [0.5, 0.6) is 0 Å². The van der Waals surface area contributed by atoms with Crippen LogP contribution in [-0.2, 0) is 4.74 Å². The zero-order valence-corrected chi connectivity index (χ0v) is 11.4. The van der Waals surface area contributed by atoms with Crippen LogP contribution >= 0.6 is 0 Å². The highest BCUT2D eigenvalue weighted by molar-refractivity contribution is 4.94. The Morgan fingerprint density at radius 2 is 1.94 bits per heavy atom. The first kappa shape index (κ1) is 13.9. The van der Waals surface area contributed by atoms with Crippen LogP contribution in [0, 0.1) is 0 Å². The zero-order chi connectivity index (χ0) is 12.0. The largest absolute Gasteiger partial charge is 0.385 e. The molecule has 1 fully saturated rings. The molecule has 0 amide bonds. The number of rotatable bonds is 7. The molecule has 0 saturated heterocycles. The van der Waals surface area contributed by atoms with Crippen molar-refractivity contribution in [3.8, 4) is 0 Å². The lowest BCUT2D eigenvalue weighted by Crippen LogP contribution is -2.51. The van der Waals surface area contributed by atoms with Crippen LogP contribution in [0.4, 0.5) is 0 Å². The van der Waals surface area contributed by atoms with Gasteiger partial charge in [0.05, 0.1) is 0 Å². The van der Waals surface area contributed by atoms with E-state index < -0.39 is 0 Å². The van der Waals surface area contributed by atoms with Crippen LogP contribution < -0.4 is 5.32 Å². The van der Waals surface area contributed by atoms with Gasteiger partial charge in [-0.15, -0.1) is 0 Å². The molecular formula is C13H28N2O. The molecule has 0 aromatic rings. The van der Waals surface area contributed by atoms with E-state index in [1.807, 2.05) is 0 Å². The number of nitrogens with zero attached hydrogens (tertiary/aromatic N) is 1. The molecule has 0 spiro atoms. The fourth-order valence-corrected chi connectivity index (χ4v) is 2.58. The van der Waals surface area contributed by atoms with Gasteiger partial charge in [-0.05, 0) is 40.3 Å². The molecule has 1 rings (SSSR count). The predicted molar refractivity (Wildman–Crippen MR) is 68.8 cm³/mol. The third kappa shape index (κ3) is 3.72. The standard InChI is InChI=1S/C13H28N2O/c1-12(7-10-16-4)14-11-13(15(2)3)8-5-6-9-13/h12,14H,5-11H2,1-4H3. The van der Waals surface area contributed by atoms with Crippen molar-refractivity contribution in [3.05, 3.63) is 0 Å². The number of methoxy groups -OCH3 is 1.